The minimum atomic E-state index is -0.248. The van der Waals surface area contributed by atoms with Gasteiger partial charge in [0.15, 0.2) is 18.2 Å². The Bertz CT molecular complexity index is 722. The lowest BCUT2D eigenvalue weighted by Crippen LogP contribution is -3.11. The molecule has 1 aromatic carbocycles. The first kappa shape index (κ1) is 18.2. The molecule has 6 nitrogen and oxygen atoms in total. The van der Waals surface area contributed by atoms with Gasteiger partial charge in [-0.25, -0.2) is 4.98 Å². The lowest BCUT2D eigenvalue weighted by Gasteiger charge is -2.14. The van der Waals surface area contributed by atoms with Gasteiger partial charge in [-0.15, -0.1) is 0 Å². The van der Waals surface area contributed by atoms with E-state index in [1.54, 1.807) is 43.4 Å². The molecule has 0 aliphatic rings. The summed E-state index contributed by atoms with van der Waals surface area (Å²) in [5.41, 5.74) is 1.10. The Labute approximate surface area is 149 Å². The molecule has 1 heterocycles. The van der Waals surface area contributed by atoms with Crippen LogP contribution in [0, 0.1) is 0 Å². The van der Waals surface area contributed by atoms with Gasteiger partial charge in [-0.05, 0) is 36.4 Å². The van der Waals surface area contributed by atoms with Crippen LogP contribution in [0.2, 0.25) is 10.2 Å². The zero-order valence-electron chi connectivity index (χ0n) is 13.0. The van der Waals surface area contributed by atoms with Crippen molar-refractivity contribution in [3.05, 3.63) is 52.8 Å². The summed E-state index contributed by atoms with van der Waals surface area (Å²) in [7, 11) is 1.76. The first-order valence-corrected chi connectivity index (χ1v) is 7.96. The van der Waals surface area contributed by atoms with E-state index >= 15 is 0 Å². The quantitative estimate of drug-likeness (QED) is 0.677. The summed E-state index contributed by atoms with van der Waals surface area (Å²) in [6.07, 6.45) is 1.54. The molecule has 1 atom stereocenters. The maximum Gasteiger partial charge on any atom is 0.279 e. The van der Waals surface area contributed by atoms with Gasteiger partial charge >= 0.3 is 0 Å². The van der Waals surface area contributed by atoms with Crippen LogP contribution in [-0.2, 0) is 9.59 Å². The Balaban J connectivity index is 1.80. The van der Waals surface area contributed by atoms with Crippen molar-refractivity contribution < 1.29 is 14.5 Å². The molecule has 0 spiro atoms. The number of rotatable bonds is 6. The number of hydrogen-bond acceptors (Lipinski definition) is 3. The first-order chi connectivity index (χ1) is 11.4. The average molecular weight is 368 g/mol. The second kappa shape index (κ2) is 8.63. The average Bonchev–Trinajstić information content (AvgIpc) is 2.51. The minimum absolute atomic E-state index is 0.124. The molecular formula is C16H17Cl2N4O2+. The molecule has 126 valence electrons. The summed E-state index contributed by atoms with van der Waals surface area (Å²) in [6, 6.07) is 10.2. The number of pyridine rings is 1. The Morgan fingerprint density at radius 3 is 2.29 bits per heavy atom. The molecule has 0 fully saturated rings. The van der Waals surface area contributed by atoms with Crippen LogP contribution in [0.5, 0.6) is 0 Å². The monoisotopic (exact) mass is 367 g/mol. The van der Waals surface area contributed by atoms with E-state index in [4.69, 9.17) is 23.2 Å². The van der Waals surface area contributed by atoms with Crippen molar-refractivity contribution >= 4 is 46.4 Å². The molecule has 24 heavy (non-hydrogen) atoms. The number of likely N-dealkylation sites (N-methyl/N-ethyl adjacent to an activating group) is 1. The Morgan fingerprint density at radius 1 is 1.04 bits per heavy atom. The minimum Gasteiger partial charge on any atom is -0.322 e. The fourth-order valence-electron chi connectivity index (χ4n) is 2.02. The highest BCUT2D eigenvalue weighted by molar-refractivity contribution is 6.32. The van der Waals surface area contributed by atoms with E-state index in [2.05, 4.69) is 15.6 Å². The largest absolute Gasteiger partial charge is 0.322 e. The smallest absolute Gasteiger partial charge is 0.279 e. The van der Waals surface area contributed by atoms with Crippen molar-refractivity contribution in [3.63, 3.8) is 0 Å². The van der Waals surface area contributed by atoms with Crippen LogP contribution in [0.25, 0.3) is 0 Å². The highest BCUT2D eigenvalue weighted by Crippen LogP contribution is 2.16. The zero-order valence-corrected chi connectivity index (χ0v) is 14.5. The topological polar surface area (TPSA) is 75.5 Å². The van der Waals surface area contributed by atoms with Crippen molar-refractivity contribution in [1.29, 1.82) is 0 Å². The Morgan fingerprint density at radius 2 is 1.67 bits per heavy atom. The maximum atomic E-state index is 12.0. The van der Waals surface area contributed by atoms with E-state index in [0.717, 1.165) is 4.90 Å². The van der Waals surface area contributed by atoms with Crippen molar-refractivity contribution in [2.75, 3.05) is 30.8 Å². The van der Waals surface area contributed by atoms with Crippen LogP contribution in [-0.4, -0.2) is 36.9 Å². The number of carbonyl (C=O) groups excluding carboxylic acids is 2. The number of halogens is 2. The van der Waals surface area contributed by atoms with E-state index in [-0.39, 0.29) is 30.1 Å². The fourth-order valence-corrected chi connectivity index (χ4v) is 2.32. The van der Waals surface area contributed by atoms with Crippen LogP contribution in [0.4, 0.5) is 11.4 Å². The van der Waals surface area contributed by atoms with E-state index in [1.165, 1.54) is 6.20 Å². The number of anilines is 2. The van der Waals surface area contributed by atoms with Gasteiger partial charge in [0.2, 0.25) is 0 Å². The van der Waals surface area contributed by atoms with Crippen molar-refractivity contribution in [3.8, 4) is 0 Å². The van der Waals surface area contributed by atoms with Gasteiger partial charge < -0.3 is 15.5 Å². The highest BCUT2D eigenvalue weighted by Gasteiger charge is 2.15. The Kier molecular flexibility index (Phi) is 6.54. The molecule has 0 radical (unpaired) electrons. The molecule has 2 aromatic rings. The normalized spacial score (nSPS) is 11.6. The second-order valence-corrected chi connectivity index (χ2v) is 6.05. The SMILES string of the molecule is C[NH+](CC(=O)Nc1ccc(Cl)cc1)CC(=O)Nc1cccnc1Cl. The number of nitrogens with zero attached hydrogens (tertiary/aromatic N) is 1. The first-order valence-electron chi connectivity index (χ1n) is 7.21. The van der Waals surface area contributed by atoms with Crippen LogP contribution in [0.15, 0.2) is 42.6 Å². The van der Waals surface area contributed by atoms with Crippen LogP contribution in [0.3, 0.4) is 0 Å². The molecule has 0 saturated carbocycles. The number of amides is 2. The summed E-state index contributed by atoms with van der Waals surface area (Å²) < 4.78 is 0. The number of quaternary nitrogens is 1. The van der Waals surface area contributed by atoms with Gasteiger partial charge in [0, 0.05) is 16.9 Å². The number of aromatic nitrogens is 1. The molecule has 0 bridgehead atoms. The molecule has 0 aliphatic heterocycles. The standard InChI is InChI=1S/C16H16Cl2N4O2/c1-22(9-14(23)20-12-6-4-11(17)5-7-12)10-15(24)21-13-3-2-8-19-16(13)18/h2-8H,9-10H2,1H3,(H,20,23)(H,21,24)/p+1. The van der Waals surface area contributed by atoms with E-state index in [0.29, 0.717) is 16.4 Å². The Hall–Kier alpha value is -2.15. The molecule has 0 aliphatic carbocycles. The lowest BCUT2D eigenvalue weighted by atomic mass is 10.3. The summed E-state index contributed by atoms with van der Waals surface area (Å²) in [5, 5.41) is 6.25. The summed E-state index contributed by atoms with van der Waals surface area (Å²) in [6.45, 7) is 0.274. The van der Waals surface area contributed by atoms with Crippen molar-refractivity contribution in [2.24, 2.45) is 0 Å². The summed E-state index contributed by atoms with van der Waals surface area (Å²) in [4.78, 5) is 28.6. The highest BCUT2D eigenvalue weighted by atomic mass is 35.5. The zero-order chi connectivity index (χ0) is 17.5. The third-order valence-electron chi connectivity index (χ3n) is 3.09. The van der Waals surface area contributed by atoms with Crippen molar-refractivity contribution in [1.82, 2.24) is 4.98 Å². The van der Waals surface area contributed by atoms with E-state index < -0.39 is 0 Å². The van der Waals surface area contributed by atoms with Gasteiger partial charge in [0.05, 0.1) is 12.7 Å². The number of nitrogens with one attached hydrogen (secondary N) is 3. The number of carbonyl (C=O) groups is 2. The molecule has 3 N–H and O–H groups in total. The maximum absolute atomic E-state index is 12.0. The van der Waals surface area contributed by atoms with Crippen LogP contribution in [0.1, 0.15) is 0 Å². The fraction of sp³-hybridized carbons (Fsp3) is 0.188. The predicted octanol–water partition coefficient (Wildman–Crippen LogP) is 1.48. The van der Waals surface area contributed by atoms with Gasteiger partial charge in [-0.3, -0.25) is 9.59 Å². The summed E-state index contributed by atoms with van der Waals surface area (Å²) >= 11 is 11.7. The van der Waals surface area contributed by atoms with Gasteiger partial charge in [-0.2, -0.15) is 0 Å². The van der Waals surface area contributed by atoms with Crippen LogP contribution < -0.4 is 15.5 Å². The van der Waals surface area contributed by atoms with E-state index in [9.17, 15) is 9.59 Å². The second-order valence-electron chi connectivity index (χ2n) is 5.26. The third kappa shape index (κ3) is 5.81. The van der Waals surface area contributed by atoms with Gasteiger partial charge in [0.25, 0.3) is 11.8 Å². The molecule has 2 rings (SSSR count). The number of hydrogen-bond donors (Lipinski definition) is 3. The number of benzene rings is 1. The lowest BCUT2D eigenvalue weighted by molar-refractivity contribution is -0.862. The van der Waals surface area contributed by atoms with E-state index in [1.807, 2.05) is 0 Å². The molecule has 0 saturated heterocycles. The molecule has 2 amide bonds. The van der Waals surface area contributed by atoms with Crippen LogP contribution >= 0.6 is 23.2 Å². The summed E-state index contributed by atoms with van der Waals surface area (Å²) in [5.74, 6) is -0.441. The molecular weight excluding hydrogens is 351 g/mol. The molecule has 1 unspecified atom stereocenters. The molecule has 1 aromatic heterocycles. The van der Waals surface area contributed by atoms with Crippen molar-refractivity contribution in [2.45, 2.75) is 0 Å². The third-order valence-corrected chi connectivity index (χ3v) is 3.64. The van der Waals surface area contributed by atoms with Gasteiger partial charge in [-0.1, -0.05) is 23.2 Å². The van der Waals surface area contributed by atoms with Gasteiger partial charge in [0.1, 0.15) is 0 Å². The predicted molar refractivity (Wildman–Crippen MR) is 94.6 cm³/mol. The molecule has 8 heteroatoms.